The van der Waals surface area contributed by atoms with Crippen LogP contribution in [0.2, 0.25) is 5.02 Å². The Kier molecular flexibility index (Phi) is 2.30. The summed E-state index contributed by atoms with van der Waals surface area (Å²) in [7, 11) is 1.65. The van der Waals surface area contributed by atoms with Crippen molar-refractivity contribution in [2.24, 2.45) is 0 Å². The average Bonchev–Trinajstić information content (AvgIpc) is 2.18. The largest absolute Gasteiger partial charge is 0.496 e. The van der Waals surface area contributed by atoms with Crippen molar-refractivity contribution in [1.29, 1.82) is 0 Å². The van der Waals surface area contributed by atoms with Crippen LogP contribution in [0.15, 0.2) is 24.3 Å². The minimum atomic E-state index is 0.657. The Morgan fingerprint density at radius 2 is 2.14 bits per heavy atom. The highest BCUT2D eigenvalue weighted by Crippen LogP contribution is 2.29. The predicted octanol–water partition coefficient (Wildman–Crippen LogP) is 3.21. The summed E-state index contributed by atoms with van der Waals surface area (Å²) in [6.07, 6.45) is 0. The normalized spacial score (nSPS) is 10.5. The number of para-hydroxylation sites is 1. The van der Waals surface area contributed by atoms with Gasteiger partial charge >= 0.3 is 0 Å². The number of aromatic nitrogens is 1. The number of ether oxygens (including phenoxy) is 1. The molecular formula is C11H10ClNO. The topological polar surface area (TPSA) is 22.1 Å². The minimum Gasteiger partial charge on any atom is -0.496 e. The lowest BCUT2D eigenvalue weighted by Gasteiger charge is -2.06. The van der Waals surface area contributed by atoms with Gasteiger partial charge in [-0.05, 0) is 19.1 Å². The summed E-state index contributed by atoms with van der Waals surface area (Å²) in [6.45, 7) is 1.92. The summed E-state index contributed by atoms with van der Waals surface area (Å²) in [5.41, 5.74) is 1.70. The Morgan fingerprint density at radius 3 is 2.86 bits per heavy atom. The van der Waals surface area contributed by atoms with Crippen molar-refractivity contribution in [3.8, 4) is 5.75 Å². The first-order chi connectivity index (χ1) is 6.72. The predicted molar refractivity (Wildman–Crippen MR) is 58.0 cm³/mol. The van der Waals surface area contributed by atoms with Gasteiger partial charge in [-0.2, -0.15) is 0 Å². The van der Waals surface area contributed by atoms with Crippen LogP contribution in [0, 0.1) is 6.92 Å². The molecule has 0 aliphatic heterocycles. The van der Waals surface area contributed by atoms with E-state index >= 15 is 0 Å². The highest BCUT2D eigenvalue weighted by molar-refractivity contribution is 6.35. The molecule has 0 aliphatic carbocycles. The summed E-state index contributed by atoms with van der Waals surface area (Å²) in [4.78, 5) is 4.37. The van der Waals surface area contributed by atoms with Crippen LogP contribution >= 0.6 is 11.6 Å². The first kappa shape index (κ1) is 9.28. The molecule has 14 heavy (non-hydrogen) atoms. The Labute approximate surface area is 87.5 Å². The molecule has 0 fully saturated rings. The monoisotopic (exact) mass is 207 g/mol. The van der Waals surface area contributed by atoms with Gasteiger partial charge in [0.1, 0.15) is 5.75 Å². The molecule has 2 aromatic rings. The van der Waals surface area contributed by atoms with Gasteiger partial charge in [-0.1, -0.05) is 17.7 Å². The number of rotatable bonds is 1. The van der Waals surface area contributed by atoms with Crippen LogP contribution in [-0.2, 0) is 0 Å². The van der Waals surface area contributed by atoms with Gasteiger partial charge in [0.15, 0.2) is 0 Å². The number of fused-ring (bicyclic) bond motifs is 1. The Balaban J connectivity index is 2.87. The summed E-state index contributed by atoms with van der Waals surface area (Å²) in [5.74, 6) is 0.815. The number of methoxy groups -OCH3 is 1. The van der Waals surface area contributed by atoms with Gasteiger partial charge in [-0.15, -0.1) is 0 Å². The van der Waals surface area contributed by atoms with E-state index in [2.05, 4.69) is 4.98 Å². The van der Waals surface area contributed by atoms with Gasteiger partial charge in [-0.3, -0.25) is 4.98 Å². The zero-order chi connectivity index (χ0) is 10.1. The molecule has 0 radical (unpaired) electrons. The van der Waals surface area contributed by atoms with Crippen molar-refractivity contribution in [3.05, 3.63) is 35.0 Å². The molecule has 1 aromatic carbocycles. The number of aryl methyl sites for hydroxylation is 1. The Hall–Kier alpha value is -1.28. The molecular weight excluding hydrogens is 198 g/mol. The fraction of sp³-hybridized carbons (Fsp3) is 0.182. The lowest BCUT2D eigenvalue weighted by Crippen LogP contribution is -1.90. The number of halogens is 1. The SMILES string of the molecule is COc1cc(C)nc2c(Cl)cccc12. The lowest BCUT2D eigenvalue weighted by molar-refractivity contribution is 0.419. The second kappa shape index (κ2) is 3.46. The highest BCUT2D eigenvalue weighted by Gasteiger charge is 2.06. The number of nitrogens with zero attached hydrogens (tertiary/aromatic N) is 1. The van der Waals surface area contributed by atoms with Gasteiger partial charge in [0.05, 0.1) is 17.6 Å². The fourth-order valence-corrected chi connectivity index (χ4v) is 1.69. The van der Waals surface area contributed by atoms with Crippen molar-refractivity contribution in [3.63, 3.8) is 0 Å². The fourth-order valence-electron chi connectivity index (χ4n) is 1.47. The first-order valence-corrected chi connectivity index (χ1v) is 4.70. The smallest absolute Gasteiger partial charge is 0.130 e. The number of hydrogen-bond donors (Lipinski definition) is 0. The molecule has 1 heterocycles. The van der Waals surface area contributed by atoms with E-state index in [0.29, 0.717) is 5.02 Å². The summed E-state index contributed by atoms with van der Waals surface area (Å²) in [5, 5.41) is 1.61. The van der Waals surface area contributed by atoms with Crippen LogP contribution in [-0.4, -0.2) is 12.1 Å². The molecule has 2 nitrogen and oxygen atoms in total. The van der Waals surface area contributed by atoms with Gasteiger partial charge < -0.3 is 4.74 Å². The number of benzene rings is 1. The molecule has 0 bridgehead atoms. The van der Waals surface area contributed by atoms with E-state index < -0.39 is 0 Å². The molecule has 0 saturated carbocycles. The Bertz CT molecular complexity index is 482. The number of hydrogen-bond acceptors (Lipinski definition) is 2. The van der Waals surface area contributed by atoms with E-state index in [1.807, 2.05) is 31.2 Å². The van der Waals surface area contributed by atoms with Crippen LogP contribution < -0.4 is 4.74 Å². The molecule has 0 amide bonds. The lowest BCUT2D eigenvalue weighted by atomic mass is 10.2. The van der Waals surface area contributed by atoms with E-state index in [0.717, 1.165) is 22.3 Å². The molecule has 72 valence electrons. The number of pyridine rings is 1. The van der Waals surface area contributed by atoms with Crippen LogP contribution in [0.25, 0.3) is 10.9 Å². The van der Waals surface area contributed by atoms with Crippen LogP contribution in [0.4, 0.5) is 0 Å². The molecule has 2 rings (SSSR count). The van der Waals surface area contributed by atoms with Crippen molar-refractivity contribution in [2.45, 2.75) is 6.92 Å². The highest BCUT2D eigenvalue weighted by atomic mass is 35.5. The molecule has 0 saturated heterocycles. The molecule has 0 spiro atoms. The summed E-state index contributed by atoms with van der Waals surface area (Å²) >= 11 is 6.04. The first-order valence-electron chi connectivity index (χ1n) is 4.32. The van der Waals surface area contributed by atoms with Gasteiger partial charge in [0.25, 0.3) is 0 Å². The Morgan fingerprint density at radius 1 is 1.36 bits per heavy atom. The molecule has 0 unspecified atom stereocenters. The third kappa shape index (κ3) is 1.42. The van der Waals surface area contributed by atoms with E-state index in [1.54, 1.807) is 7.11 Å². The van der Waals surface area contributed by atoms with Crippen LogP contribution in [0.1, 0.15) is 5.69 Å². The second-order valence-electron chi connectivity index (χ2n) is 3.10. The average molecular weight is 208 g/mol. The van der Waals surface area contributed by atoms with Crippen molar-refractivity contribution >= 4 is 22.5 Å². The van der Waals surface area contributed by atoms with Crippen molar-refractivity contribution in [2.75, 3.05) is 7.11 Å². The van der Waals surface area contributed by atoms with Crippen LogP contribution in [0.5, 0.6) is 5.75 Å². The van der Waals surface area contributed by atoms with Crippen molar-refractivity contribution in [1.82, 2.24) is 4.98 Å². The standard InChI is InChI=1S/C11H10ClNO/c1-7-6-10(14-2)8-4-3-5-9(12)11(8)13-7/h3-6H,1-2H3. The summed E-state index contributed by atoms with van der Waals surface area (Å²) in [6, 6.07) is 7.57. The van der Waals surface area contributed by atoms with Gasteiger partial charge in [0.2, 0.25) is 0 Å². The molecule has 1 aromatic heterocycles. The molecule has 0 N–H and O–H groups in total. The quantitative estimate of drug-likeness (QED) is 0.717. The van der Waals surface area contributed by atoms with E-state index in [1.165, 1.54) is 0 Å². The zero-order valence-corrected chi connectivity index (χ0v) is 8.80. The maximum atomic E-state index is 6.04. The van der Waals surface area contributed by atoms with Gasteiger partial charge in [-0.25, -0.2) is 0 Å². The van der Waals surface area contributed by atoms with Crippen molar-refractivity contribution < 1.29 is 4.74 Å². The van der Waals surface area contributed by atoms with E-state index in [9.17, 15) is 0 Å². The molecule has 3 heteroatoms. The van der Waals surface area contributed by atoms with Crippen LogP contribution in [0.3, 0.4) is 0 Å². The second-order valence-corrected chi connectivity index (χ2v) is 3.51. The zero-order valence-electron chi connectivity index (χ0n) is 8.04. The molecule has 0 aliphatic rings. The van der Waals surface area contributed by atoms with E-state index in [-0.39, 0.29) is 0 Å². The third-order valence-corrected chi connectivity index (χ3v) is 2.41. The maximum absolute atomic E-state index is 6.04. The third-order valence-electron chi connectivity index (χ3n) is 2.10. The summed E-state index contributed by atoms with van der Waals surface area (Å²) < 4.78 is 5.26. The van der Waals surface area contributed by atoms with Gasteiger partial charge in [0, 0.05) is 17.1 Å². The molecule has 0 atom stereocenters. The van der Waals surface area contributed by atoms with E-state index in [4.69, 9.17) is 16.3 Å². The maximum Gasteiger partial charge on any atom is 0.130 e. The minimum absolute atomic E-state index is 0.657.